The lowest BCUT2D eigenvalue weighted by atomic mass is 9.98. The molecule has 9 heteroatoms. The zero-order valence-electron chi connectivity index (χ0n) is 19.8. The van der Waals surface area contributed by atoms with Crippen LogP contribution in [0.15, 0.2) is 47.4 Å². The number of para-hydroxylation sites is 2. The molecule has 1 saturated heterocycles. The number of carbonyl (C=O) groups excluding carboxylic acids is 2. The number of anilines is 2. The molecule has 182 valence electrons. The quantitative estimate of drug-likeness (QED) is 0.676. The normalized spacial score (nSPS) is 20.6. The highest BCUT2D eigenvalue weighted by atomic mass is 32.2. The Morgan fingerprint density at radius 2 is 1.94 bits per heavy atom. The number of hydrogen-bond acceptors (Lipinski definition) is 5. The van der Waals surface area contributed by atoms with Gasteiger partial charge >= 0.3 is 0 Å². The highest BCUT2D eigenvalue weighted by Crippen LogP contribution is 2.35. The molecular formula is C25H31N3O5S. The summed E-state index contributed by atoms with van der Waals surface area (Å²) in [6, 6.07) is 12.2. The molecule has 0 aliphatic carbocycles. The summed E-state index contributed by atoms with van der Waals surface area (Å²) >= 11 is 0. The number of nitrogens with one attached hydrogen (secondary N) is 1. The van der Waals surface area contributed by atoms with Gasteiger partial charge in [0.2, 0.25) is 21.8 Å². The number of hydrogen-bond donors (Lipinski definition) is 1. The monoisotopic (exact) mass is 485 g/mol. The van der Waals surface area contributed by atoms with Gasteiger partial charge in [-0.15, -0.1) is 0 Å². The summed E-state index contributed by atoms with van der Waals surface area (Å²) in [5.74, 6) is -0.143. The third-order valence-corrected chi connectivity index (χ3v) is 8.30. The van der Waals surface area contributed by atoms with Crippen molar-refractivity contribution in [1.29, 1.82) is 0 Å². The molecule has 8 nitrogen and oxygen atoms in total. The third kappa shape index (κ3) is 4.67. The van der Waals surface area contributed by atoms with Gasteiger partial charge in [-0.1, -0.05) is 12.1 Å². The lowest BCUT2D eigenvalue weighted by Crippen LogP contribution is -2.43. The van der Waals surface area contributed by atoms with Crippen LogP contribution in [0.1, 0.15) is 39.2 Å². The Balaban J connectivity index is 1.50. The topological polar surface area (TPSA) is 96.0 Å². The van der Waals surface area contributed by atoms with E-state index in [1.54, 1.807) is 35.2 Å². The number of rotatable bonds is 6. The Kier molecular flexibility index (Phi) is 6.95. The van der Waals surface area contributed by atoms with Crippen LogP contribution >= 0.6 is 0 Å². The highest BCUT2D eigenvalue weighted by molar-refractivity contribution is 7.89. The van der Waals surface area contributed by atoms with Crippen molar-refractivity contribution in [3.8, 4) is 5.75 Å². The first-order chi connectivity index (χ1) is 16.2. The maximum Gasteiger partial charge on any atom is 0.243 e. The molecule has 2 aromatic rings. The number of ether oxygens (including phenoxy) is 1. The first kappa shape index (κ1) is 24.2. The van der Waals surface area contributed by atoms with Gasteiger partial charge in [0.15, 0.2) is 0 Å². The number of sulfonamides is 1. The fourth-order valence-electron chi connectivity index (χ4n) is 4.86. The van der Waals surface area contributed by atoms with E-state index in [0.29, 0.717) is 43.9 Å². The fraction of sp³-hybridized carbons (Fsp3) is 0.440. The highest BCUT2D eigenvalue weighted by Gasteiger charge is 2.35. The molecule has 2 aliphatic heterocycles. The van der Waals surface area contributed by atoms with E-state index in [-0.39, 0.29) is 29.3 Å². The van der Waals surface area contributed by atoms with Crippen molar-refractivity contribution in [2.45, 2.75) is 51.0 Å². The maximum absolute atomic E-state index is 13.4. The van der Waals surface area contributed by atoms with Crippen LogP contribution in [0.5, 0.6) is 5.75 Å². The molecule has 2 unspecified atom stereocenters. The minimum absolute atomic E-state index is 0.00641. The summed E-state index contributed by atoms with van der Waals surface area (Å²) in [6.07, 6.45) is 1.83. The predicted molar refractivity (Wildman–Crippen MR) is 130 cm³/mol. The van der Waals surface area contributed by atoms with E-state index in [9.17, 15) is 18.0 Å². The molecule has 2 atom stereocenters. The molecule has 0 saturated carbocycles. The van der Waals surface area contributed by atoms with Gasteiger partial charge in [0.1, 0.15) is 5.75 Å². The van der Waals surface area contributed by atoms with Crippen molar-refractivity contribution in [1.82, 2.24) is 4.31 Å². The number of carbonyl (C=O) groups is 2. The standard InChI is InChI=1S/C25H31N3O5S/c1-4-33-24-10-6-5-9-22(24)26-25(30)19-8-7-13-27(16-19)34(31,32)21-11-12-23-20(15-21)14-17(2)28(23)18(3)29/h5-6,9-12,15,17,19H,4,7-8,13-14,16H2,1-3H3,(H,26,30). The van der Waals surface area contributed by atoms with E-state index < -0.39 is 15.9 Å². The lowest BCUT2D eigenvalue weighted by Gasteiger charge is -2.31. The first-order valence-electron chi connectivity index (χ1n) is 11.7. The van der Waals surface area contributed by atoms with E-state index >= 15 is 0 Å². The second-order valence-corrected chi connectivity index (χ2v) is 10.8. The van der Waals surface area contributed by atoms with E-state index in [4.69, 9.17) is 4.74 Å². The Labute approximate surface area is 200 Å². The van der Waals surface area contributed by atoms with Crippen LogP contribution in [0.3, 0.4) is 0 Å². The van der Waals surface area contributed by atoms with Gasteiger partial charge in [0.05, 0.1) is 23.1 Å². The lowest BCUT2D eigenvalue weighted by molar-refractivity contribution is -0.121. The van der Waals surface area contributed by atoms with E-state index in [1.807, 2.05) is 26.0 Å². The summed E-state index contributed by atoms with van der Waals surface area (Å²) in [5.41, 5.74) is 2.20. The number of piperidine rings is 1. The van der Waals surface area contributed by atoms with Crippen molar-refractivity contribution >= 4 is 33.2 Å². The second kappa shape index (κ2) is 9.76. The molecular weight excluding hydrogens is 454 g/mol. The van der Waals surface area contributed by atoms with E-state index in [0.717, 1.165) is 11.3 Å². The number of fused-ring (bicyclic) bond motifs is 1. The fourth-order valence-corrected chi connectivity index (χ4v) is 6.43. The second-order valence-electron chi connectivity index (χ2n) is 8.85. The van der Waals surface area contributed by atoms with Crippen molar-refractivity contribution < 1.29 is 22.7 Å². The van der Waals surface area contributed by atoms with Gasteiger partial charge in [0, 0.05) is 31.7 Å². The SMILES string of the molecule is CCOc1ccccc1NC(=O)C1CCCN(S(=O)(=O)c2ccc3c(c2)CC(C)N3C(C)=O)C1. The molecule has 1 fully saturated rings. The molecule has 0 aromatic heterocycles. The van der Waals surface area contributed by atoms with Gasteiger partial charge in [0.25, 0.3) is 0 Å². The predicted octanol–water partition coefficient (Wildman–Crippen LogP) is 3.42. The zero-order chi connectivity index (χ0) is 24.5. The summed E-state index contributed by atoms with van der Waals surface area (Å²) in [7, 11) is -3.77. The molecule has 0 spiro atoms. The molecule has 34 heavy (non-hydrogen) atoms. The van der Waals surface area contributed by atoms with Crippen molar-refractivity contribution in [2.75, 3.05) is 29.9 Å². The summed E-state index contributed by atoms with van der Waals surface area (Å²) in [6.45, 7) is 6.31. The average molecular weight is 486 g/mol. The van der Waals surface area contributed by atoms with Crippen LogP contribution in [0.4, 0.5) is 11.4 Å². The molecule has 1 N–H and O–H groups in total. The van der Waals surface area contributed by atoms with Gasteiger partial charge in [-0.25, -0.2) is 8.42 Å². The summed E-state index contributed by atoms with van der Waals surface area (Å²) in [5, 5.41) is 2.91. The molecule has 2 amide bonds. The molecule has 2 heterocycles. The molecule has 2 aliphatic rings. The minimum Gasteiger partial charge on any atom is -0.492 e. The van der Waals surface area contributed by atoms with Crippen molar-refractivity contribution in [2.24, 2.45) is 5.92 Å². The molecule has 0 bridgehead atoms. The van der Waals surface area contributed by atoms with Crippen LogP contribution in [-0.4, -0.2) is 50.3 Å². The summed E-state index contributed by atoms with van der Waals surface area (Å²) in [4.78, 5) is 26.9. The van der Waals surface area contributed by atoms with Crippen LogP contribution < -0.4 is 15.0 Å². The number of amides is 2. The van der Waals surface area contributed by atoms with Crippen LogP contribution in [0.2, 0.25) is 0 Å². The van der Waals surface area contributed by atoms with E-state index in [2.05, 4.69) is 5.32 Å². The largest absolute Gasteiger partial charge is 0.492 e. The smallest absolute Gasteiger partial charge is 0.243 e. The van der Waals surface area contributed by atoms with Crippen LogP contribution in [-0.2, 0) is 26.0 Å². The average Bonchev–Trinajstić information content (AvgIpc) is 3.15. The first-order valence-corrected chi connectivity index (χ1v) is 13.1. The molecule has 4 rings (SSSR count). The van der Waals surface area contributed by atoms with Crippen LogP contribution in [0.25, 0.3) is 0 Å². The Morgan fingerprint density at radius 3 is 2.68 bits per heavy atom. The molecule has 0 radical (unpaired) electrons. The van der Waals surface area contributed by atoms with E-state index in [1.165, 1.54) is 11.2 Å². The van der Waals surface area contributed by atoms with Crippen molar-refractivity contribution in [3.63, 3.8) is 0 Å². The Hall–Kier alpha value is -2.91. The minimum atomic E-state index is -3.77. The van der Waals surface area contributed by atoms with Gasteiger partial charge in [-0.05, 0) is 69.0 Å². The number of nitrogens with zero attached hydrogens (tertiary/aromatic N) is 2. The van der Waals surface area contributed by atoms with Gasteiger partial charge in [-0.3, -0.25) is 9.59 Å². The van der Waals surface area contributed by atoms with Gasteiger partial charge < -0.3 is 15.0 Å². The Bertz CT molecular complexity index is 1200. The Morgan fingerprint density at radius 1 is 1.18 bits per heavy atom. The summed E-state index contributed by atoms with van der Waals surface area (Å²) < 4.78 is 33.9. The van der Waals surface area contributed by atoms with Crippen LogP contribution in [0, 0.1) is 5.92 Å². The van der Waals surface area contributed by atoms with Crippen molar-refractivity contribution in [3.05, 3.63) is 48.0 Å². The number of benzene rings is 2. The third-order valence-electron chi connectivity index (χ3n) is 6.44. The maximum atomic E-state index is 13.4. The zero-order valence-corrected chi connectivity index (χ0v) is 20.6. The van der Waals surface area contributed by atoms with Gasteiger partial charge in [-0.2, -0.15) is 4.31 Å². The molecule has 2 aromatic carbocycles.